The molecule has 0 heterocycles. The van der Waals surface area contributed by atoms with Crippen molar-refractivity contribution in [2.24, 2.45) is 11.8 Å². The second-order valence-corrected chi connectivity index (χ2v) is 4.63. The molecule has 0 unspecified atom stereocenters. The van der Waals surface area contributed by atoms with E-state index >= 15 is 0 Å². The molecule has 1 aliphatic rings. The predicted octanol–water partition coefficient (Wildman–Crippen LogP) is 1.78. The Balaban J connectivity index is 2.02. The van der Waals surface area contributed by atoms with Crippen molar-refractivity contribution in [2.75, 3.05) is 13.1 Å². The predicted molar refractivity (Wildman–Crippen MR) is 55.7 cm³/mol. The van der Waals surface area contributed by atoms with E-state index < -0.39 is 0 Å². The zero-order chi connectivity index (χ0) is 9.68. The molecule has 2 nitrogen and oxygen atoms in total. The van der Waals surface area contributed by atoms with Crippen LogP contribution in [0.4, 0.5) is 0 Å². The van der Waals surface area contributed by atoms with Gasteiger partial charge in [0.2, 0.25) is 0 Å². The van der Waals surface area contributed by atoms with E-state index in [0.717, 1.165) is 24.9 Å². The van der Waals surface area contributed by atoms with Crippen LogP contribution in [-0.4, -0.2) is 24.3 Å². The molecule has 1 aliphatic carbocycles. The number of rotatable bonds is 4. The molecule has 0 aromatic carbocycles. The maximum atomic E-state index is 9.06. The molecule has 78 valence electrons. The van der Waals surface area contributed by atoms with E-state index in [4.69, 9.17) is 5.11 Å². The third-order valence-electron chi connectivity index (χ3n) is 3.01. The summed E-state index contributed by atoms with van der Waals surface area (Å²) < 4.78 is 0. The van der Waals surface area contributed by atoms with Crippen LogP contribution in [0.1, 0.15) is 39.5 Å². The monoisotopic (exact) mass is 185 g/mol. The molecule has 1 saturated carbocycles. The Morgan fingerprint density at radius 3 is 2.46 bits per heavy atom. The molecule has 0 bridgehead atoms. The van der Waals surface area contributed by atoms with Gasteiger partial charge in [-0.05, 0) is 38.1 Å². The van der Waals surface area contributed by atoms with Gasteiger partial charge in [-0.1, -0.05) is 19.8 Å². The first-order valence-corrected chi connectivity index (χ1v) is 5.57. The van der Waals surface area contributed by atoms with E-state index in [1.54, 1.807) is 0 Å². The van der Waals surface area contributed by atoms with Gasteiger partial charge in [-0.3, -0.25) is 0 Å². The zero-order valence-electron chi connectivity index (χ0n) is 8.92. The van der Waals surface area contributed by atoms with Crippen LogP contribution in [0, 0.1) is 11.8 Å². The second kappa shape index (κ2) is 5.61. The normalized spacial score (nSPS) is 31.6. The van der Waals surface area contributed by atoms with Crippen molar-refractivity contribution in [1.29, 1.82) is 0 Å². The van der Waals surface area contributed by atoms with Crippen molar-refractivity contribution in [3.8, 4) is 0 Å². The molecule has 1 atom stereocenters. The molecule has 1 rings (SSSR count). The van der Waals surface area contributed by atoms with Gasteiger partial charge in [0, 0.05) is 6.54 Å². The highest BCUT2D eigenvalue weighted by Gasteiger charge is 2.17. The summed E-state index contributed by atoms with van der Waals surface area (Å²) in [5.41, 5.74) is 0. The van der Waals surface area contributed by atoms with Crippen LogP contribution in [0.5, 0.6) is 0 Å². The Kier molecular flexibility index (Phi) is 4.74. The summed E-state index contributed by atoms with van der Waals surface area (Å²) in [5.74, 6) is 1.79. The number of hydrogen-bond donors (Lipinski definition) is 2. The number of aliphatic hydroxyl groups excluding tert-OH is 1. The molecular formula is C11H23NO. The highest BCUT2D eigenvalue weighted by molar-refractivity contribution is 4.71. The summed E-state index contributed by atoms with van der Waals surface area (Å²) in [6.45, 7) is 6.01. The highest BCUT2D eigenvalue weighted by Crippen LogP contribution is 2.27. The van der Waals surface area contributed by atoms with E-state index in [-0.39, 0.29) is 6.10 Å². The summed E-state index contributed by atoms with van der Waals surface area (Å²) in [6, 6.07) is 0. The standard InChI is InChI=1S/C11H23NO/c1-9-3-5-11(6-4-9)8-12-7-10(2)13/h9-13H,3-8H2,1-2H3/t9?,10-,11?/m1/s1. The maximum Gasteiger partial charge on any atom is 0.0636 e. The average Bonchev–Trinajstić information content (AvgIpc) is 2.08. The second-order valence-electron chi connectivity index (χ2n) is 4.63. The fourth-order valence-electron chi connectivity index (χ4n) is 2.03. The molecule has 0 aromatic heterocycles. The molecule has 1 fully saturated rings. The van der Waals surface area contributed by atoms with Gasteiger partial charge in [0.15, 0.2) is 0 Å². The van der Waals surface area contributed by atoms with Gasteiger partial charge in [-0.25, -0.2) is 0 Å². The summed E-state index contributed by atoms with van der Waals surface area (Å²) in [4.78, 5) is 0. The van der Waals surface area contributed by atoms with Crippen LogP contribution in [0.15, 0.2) is 0 Å². The van der Waals surface area contributed by atoms with Crippen LogP contribution in [-0.2, 0) is 0 Å². The lowest BCUT2D eigenvalue weighted by Crippen LogP contribution is -2.31. The third-order valence-corrected chi connectivity index (χ3v) is 3.01. The Morgan fingerprint density at radius 2 is 1.92 bits per heavy atom. The molecule has 0 saturated heterocycles. The van der Waals surface area contributed by atoms with Crippen LogP contribution < -0.4 is 5.32 Å². The third kappa shape index (κ3) is 4.63. The van der Waals surface area contributed by atoms with Gasteiger partial charge >= 0.3 is 0 Å². The molecular weight excluding hydrogens is 162 g/mol. The lowest BCUT2D eigenvalue weighted by molar-refractivity contribution is 0.185. The van der Waals surface area contributed by atoms with E-state index in [0.29, 0.717) is 0 Å². The van der Waals surface area contributed by atoms with Gasteiger partial charge in [0.1, 0.15) is 0 Å². The first kappa shape index (κ1) is 11.0. The fourth-order valence-corrected chi connectivity index (χ4v) is 2.03. The minimum Gasteiger partial charge on any atom is -0.392 e. The van der Waals surface area contributed by atoms with Crippen molar-refractivity contribution >= 4 is 0 Å². The van der Waals surface area contributed by atoms with Gasteiger partial charge in [0.05, 0.1) is 6.10 Å². The molecule has 0 radical (unpaired) electrons. The zero-order valence-corrected chi connectivity index (χ0v) is 8.92. The van der Waals surface area contributed by atoms with E-state index in [1.807, 2.05) is 6.92 Å². The van der Waals surface area contributed by atoms with Crippen molar-refractivity contribution in [2.45, 2.75) is 45.6 Å². The first-order valence-electron chi connectivity index (χ1n) is 5.57. The minimum absolute atomic E-state index is 0.206. The van der Waals surface area contributed by atoms with Gasteiger partial charge in [-0.15, -0.1) is 0 Å². The smallest absolute Gasteiger partial charge is 0.0636 e. The number of hydrogen-bond acceptors (Lipinski definition) is 2. The molecule has 2 heteroatoms. The minimum atomic E-state index is -0.206. The number of aliphatic hydroxyl groups is 1. The SMILES string of the molecule is CC1CCC(CNC[C@@H](C)O)CC1. The van der Waals surface area contributed by atoms with Gasteiger partial charge < -0.3 is 10.4 Å². The molecule has 0 amide bonds. The Morgan fingerprint density at radius 1 is 1.31 bits per heavy atom. The average molecular weight is 185 g/mol. The van der Waals surface area contributed by atoms with Crippen molar-refractivity contribution < 1.29 is 5.11 Å². The van der Waals surface area contributed by atoms with Crippen LogP contribution in [0.2, 0.25) is 0 Å². The van der Waals surface area contributed by atoms with Crippen LogP contribution in [0.25, 0.3) is 0 Å². The first-order chi connectivity index (χ1) is 6.18. The van der Waals surface area contributed by atoms with Crippen molar-refractivity contribution in [3.05, 3.63) is 0 Å². The Bertz CT molecular complexity index is 128. The molecule has 0 spiro atoms. The van der Waals surface area contributed by atoms with Crippen molar-refractivity contribution in [3.63, 3.8) is 0 Å². The molecule has 2 N–H and O–H groups in total. The largest absolute Gasteiger partial charge is 0.392 e. The van der Waals surface area contributed by atoms with E-state index in [1.165, 1.54) is 25.7 Å². The summed E-state index contributed by atoms with van der Waals surface area (Å²) in [5, 5.41) is 12.4. The lowest BCUT2D eigenvalue weighted by Gasteiger charge is -2.26. The summed E-state index contributed by atoms with van der Waals surface area (Å²) in [7, 11) is 0. The van der Waals surface area contributed by atoms with Gasteiger partial charge in [0.25, 0.3) is 0 Å². The quantitative estimate of drug-likeness (QED) is 0.700. The van der Waals surface area contributed by atoms with Crippen LogP contribution in [0.3, 0.4) is 0 Å². The summed E-state index contributed by atoms with van der Waals surface area (Å²) in [6.07, 6.45) is 5.31. The van der Waals surface area contributed by atoms with E-state index in [2.05, 4.69) is 12.2 Å². The van der Waals surface area contributed by atoms with Gasteiger partial charge in [-0.2, -0.15) is 0 Å². The Hall–Kier alpha value is -0.0800. The molecule has 13 heavy (non-hydrogen) atoms. The van der Waals surface area contributed by atoms with Crippen molar-refractivity contribution in [1.82, 2.24) is 5.32 Å². The Labute approximate surface area is 81.7 Å². The molecule has 0 aliphatic heterocycles. The topological polar surface area (TPSA) is 32.3 Å². The fraction of sp³-hybridized carbons (Fsp3) is 1.00. The van der Waals surface area contributed by atoms with Crippen LogP contribution >= 0.6 is 0 Å². The van der Waals surface area contributed by atoms with E-state index in [9.17, 15) is 0 Å². The highest BCUT2D eigenvalue weighted by atomic mass is 16.3. The maximum absolute atomic E-state index is 9.06. The lowest BCUT2D eigenvalue weighted by atomic mass is 9.83. The molecule has 0 aromatic rings. The number of nitrogens with one attached hydrogen (secondary N) is 1. The summed E-state index contributed by atoms with van der Waals surface area (Å²) >= 11 is 0.